The van der Waals surface area contributed by atoms with Gasteiger partial charge in [-0.2, -0.15) is 0 Å². The normalized spacial score (nSPS) is 14.6. The van der Waals surface area contributed by atoms with E-state index in [9.17, 15) is 24.2 Å². The van der Waals surface area contributed by atoms with Gasteiger partial charge in [-0.1, -0.05) is 143 Å². The minimum absolute atomic E-state index is 0. The Morgan fingerprint density at radius 1 is 0.667 bits per heavy atom. The molecule has 2 unspecified atom stereocenters. The molecule has 0 aliphatic rings. The zero-order chi connectivity index (χ0) is 35.2. The van der Waals surface area contributed by atoms with Gasteiger partial charge in [0.1, 0.15) is 12.7 Å². The molecule has 10 nitrogen and oxygen atoms in total. The molecule has 0 heterocycles. The van der Waals surface area contributed by atoms with Crippen molar-refractivity contribution in [2.24, 2.45) is 11.8 Å². The van der Waals surface area contributed by atoms with E-state index >= 15 is 0 Å². The quantitative estimate of drug-likeness (QED) is 0.0394. The summed E-state index contributed by atoms with van der Waals surface area (Å²) in [5.74, 6) is 0.626. The number of phosphoric ester groups is 1. The Kier molecular flexibility index (Phi) is 35.6. The summed E-state index contributed by atoms with van der Waals surface area (Å²) in [6.07, 6.45) is 20.7. The first-order chi connectivity index (χ1) is 22.5. The number of hydrogen-bond donors (Lipinski definition) is 2. The molecule has 0 rings (SSSR count). The Balaban J connectivity index is 0. The van der Waals surface area contributed by atoms with Crippen molar-refractivity contribution in [2.45, 2.75) is 181 Å². The second-order valence-electron chi connectivity index (χ2n) is 13.7. The van der Waals surface area contributed by atoms with Crippen molar-refractivity contribution >= 4 is 19.8 Å². The molecule has 0 aromatic rings. The minimum atomic E-state index is -4.85. The number of hydrogen-bond acceptors (Lipinski definition) is 10. The number of rotatable bonds is 34. The van der Waals surface area contributed by atoms with E-state index in [-0.39, 0.29) is 49.0 Å². The maximum Gasteiger partial charge on any atom is 1.00 e. The Morgan fingerprint density at radius 3 is 1.58 bits per heavy atom. The summed E-state index contributed by atoms with van der Waals surface area (Å²) in [4.78, 5) is 36.9. The number of aliphatic hydroxyl groups is 2. The van der Waals surface area contributed by atoms with Gasteiger partial charge in [0, 0.05) is 12.8 Å². The van der Waals surface area contributed by atoms with E-state index in [0.717, 1.165) is 50.4 Å². The molecule has 0 bridgehead atoms. The molecular formula is C36H70NaO10P. The van der Waals surface area contributed by atoms with Gasteiger partial charge >= 0.3 is 41.5 Å². The molecule has 48 heavy (non-hydrogen) atoms. The Morgan fingerprint density at radius 2 is 1.10 bits per heavy atom. The topological polar surface area (TPSA) is 152 Å². The van der Waals surface area contributed by atoms with Gasteiger partial charge in [-0.05, 0) is 24.7 Å². The van der Waals surface area contributed by atoms with E-state index in [0.29, 0.717) is 12.8 Å². The summed E-state index contributed by atoms with van der Waals surface area (Å²) in [7, 11) is -4.85. The number of ether oxygens (including phenoxy) is 2. The van der Waals surface area contributed by atoms with Crippen LogP contribution >= 0.6 is 7.82 Å². The van der Waals surface area contributed by atoms with E-state index < -0.39 is 51.8 Å². The third-order valence-corrected chi connectivity index (χ3v) is 9.40. The zero-order valence-corrected chi connectivity index (χ0v) is 34.2. The van der Waals surface area contributed by atoms with Crippen molar-refractivity contribution in [1.29, 1.82) is 0 Å². The Labute approximate surface area is 315 Å². The molecular weight excluding hydrogens is 646 g/mol. The summed E-state index contributed by atoms with van der Waals surface area (Å²) >= 11 is 0. The number of unbranched alkanes of at least 4 members (excludes halogenated alkanes) is 15. The summed E-state index contributed by atoms with van der Waals surface area (Å²) in [5.41, 5.74) is 0. The van der Waals surface area contributed by atoms with E-state index in [1.165, 1.54) is 77.0 Å². The molecule has 4 atom stereocenters. The van der Waals surface area contributed by atoms with Crippen LogP contribution in [0, 0.1) is 11.8 Å². The summed E-state index contributed by atoms with van der Waals surface area (Å²) in [6.45, 7) is 6.79. The molecule has 0 aromatic carbocycles. The van der Waals surface area contributed by atoms with Gasteiger partial charge in [0.15, 0.2) is 6.10 Å². The van der Waals surface area contributed by atoms with Crippen molar-refractivity contribution in [3.8, 4) is 0 Å². The first-order valence-corrected chi connectivity index (χ1v) is 20.2. The number of phosphoric acid groups is 1. The van der Waals surface area contributed by atoms with Crippen molar-refractivity contribution in [3.63, 3.8) is 0 Å². The largest absolute Gasteiger partial charge is 1.00 e. The third-order valence-electron chi connectivity index (χ3n) is 8.47. The zero-order valence-electron chi connectivity index (χ0n) is 31.3. The number of esters is 2. The molecule has 0 saturated carbocycles. The standard InChI is InChI=1S/C36H71O10P.Na/c1-5-32(4)24-20-16-12-9-10-13-17-21-25-35(39)43-29-34(30-45-47(41,42)44-28-33(38)27-37)46-36(40)26-22-18-14-8-6-7-11-15-19-23-31(2)3;/h31-34,37-38H,5-30H2,1-4H3,(H,41,42);/q;+1/p-1/t32-,33?,34-;/m1./s1. The molecule has 0 spiro atoms. The van der Waals surface area contributed by atoms with Gasteiger partial charge in [0.2, 0.25) is 0 Å². The van der Waals surface area contributed by atoms with Crippen LogP contribution in [0.25, 0.3) is 0 Å². The maximum atomic E-state index is 12.5. The van der Waals surface area contributed by atoms with Crippen LogP contribution in [-0.2, 0) is 32.7 Å². The van der Waals surface area contributed by atoms with Crippen molar-refractivity contribution in [1.82, 2.24) is 0 Å². The number of carbonyl (C=O) groups is 2. The molecule has 0 aliphatic carbocycles. The molecule has 0 saturated heterocycles. The Bertz CT molecular complexity index is 801. The number of carbonyl (C=O) groups excluding carboxylic acids is 2. The second-order valence-corrected chi connectivity index (χ2v) is 15.1. The molecule has 0 radical (unpaired) electrons. The SMILES string of the molecule is CC[C@@H](C)CCCCCCCCCCC(=O)OC[C@H](COP(=O)([O-])OCC(O)CO)OC(=O)CCCCCCCCCCCC(C)C.[Na+]. The predicted octanol–water partition coefficient (Wildman–Crippen LogP) is 5.19. The van der Waals surface area contributed by atoms with E-state index in [1.54, 1.807) is 0 Å². The Hall–Kier alpha value is -0.0300. The fourth-order valence-electron chi connectivity index (χ4n) is 5.15. The molecule has 0 amide bonds. The van der Waals surface area contributed by atoms with Crippen molar-refractivity contribution in [3.05, 3.63) is 0 Å². The van der Waals surface area contributed by atoms with Crippen LogP contribution in [0.15, 0.2) is 0 Å². The van der Waals surface area contributed by atoms with Crippen LogP contribution in [0.4, 0.5) is 0 Å². The fourth-order valence-corrected chi connectivity index (χ4v) is 5.93. The van der Waals surface area contributed by atoms with Gasteiger partial charge in [0.25, 0.3) is 7.82 Å². The van der Waals surface area contributed by atoms with Gasteiger partial charge in [-0.25, -0.2) is 0 Å². The average molecular weight is 717 g/mol. The fraction of sp³-hybridized carbons (Fsp3) is 0.944. The van der Waals surface area contributed by atoms with Crippen LogP contribution in [0.5, 0.6) is 0 Å². The van der Waals surface area contributed by atoms with Crippen molar-refractivity contribution in [2.75, 3.05) is 26.4 Å². The third kappa shape index (κ3) is 34.4. The minimum Gasteiger partial charge on any atom is -0.756 e. The van der Waals surface area contributed by atoms with Crippen LogP contribution in [-0.4, -0.2) is 60.8 Å². The number of aliphatic hydroxyl groups excluding tert-OH is 2. The van der Waals surface area contributed by atoms with Crippen molar-refractivity contribution < 1.29 is 77.3 Å². The molecule has 280 valence electrons. The van der Waals surface area contributed by atoms with Crippen LogP contribution in [0.1, 0.15) is 169 Å². The summed E-state index contributed by atoms with van der Waals surface area (Å²) in [5, 5.41) is 18.2. The molecule has 2 N–H and O–H groups in total. The van der Waals surface area contributed by atoms with E-state index in [1.807, 2.05) is 0 Å². The second kappa shape index (κ2) is 34.1. The van der Waals surface area contributed by atoms with Crippen LogP contribution in [0.3, 0.4) is 0 Å². The predicted molar refractivity (Wildman–Crippen MR) is 185 cm³/mol. The first-order valence-electron chi connectivity index (χ1n) is 18.7. The summed E-state index contributed by atoms with van der Waals surface area (Å²) in [6, 6.07) is 0. The molecule has 12 heteroatoms. The molecule has 0 aromatic heterocycles. The van der Waals surface area contributed by atoms with Gasteiger partial charge in [-0.15, -0.1) is 0 Å². The first kappa shape index (κ1) is 50.1. The molecule has 0 fully saturated rings. The smallest absolute Gasteiger partial charge is 0.756 e. The molecule has 0 aliphatic heterocycles. The van der Waals surface area contributed by atoms with E-state index in [2.05, 4.69) is 32.2 Å². The monoisotopic (exact) mass is 716 g/mol. The average Bonchev–Trinajstić information content (AvgIpc) is 3.04. The van der Waals surface area contributed by atoms with Gasteiger partial charge < -0.3 is 33.6 Å². The summed E-state index contributed by atoms with van der Waals surface area (Å²) < 4.78 is 32.2. The van der Waals surface area contributed by atoms with Crippen LogP contribution in [0.2, 0.25) is 0 Å². The van der Waals surface area contributed by atoms with Crippen LogP contribution < -0.4 is 34.5 Å². The maximum absolute atomic E-state index is 12.5. The van der Waals surface area contributed by atoms with Gasteiger partial charge in [-0.3, -0.25) is 14.2 Å². The van der Waals surface area contributed by atoms with Gasteiger partial charge in [0.05, 0.1) is 19.8 Å². The van der Waals surface area contributed by atoms with E-state index in [4.69, 9.17) is 19.1 Å².